The number of piperidine rings is 3. The minimum Gasteiger partial charge on any atom is -0.404 e. The number of nitrogens with zero attached hydrogens (tertiary/aromatic N) is 4. The molecule has 2 bridgehead atoms. The quantitative estimate of drug-likeness (QED) is 0.398. The second-order valence-electron chi connectivity index (χ2n) is 13.1. The summed E-state index contributed by atoms with van der Waals surface area (Å²) < 4.78 is 0. The Labute approximate surface area is 250 Å². The fourth-order valence-corrected chi connectivity index (χ4v) is 7.73. The lowest BCUT2D eigenvalue weighted by Crippen LogP contribution is -2.53. The zero-order chi connectivity index (χ0) is 29.9. The lowest BCUT2D eigenvalue weighted by molar-refractivity contribution is -0.142. The maximum absolute atomic E-state index is 13.5. The van der Waals surface area contributed by atoms with Gasteiger partial charge in [-0.05, 0) is 87.0 Å². The minimum atomic E-state index is -0.716. The van der Waals surface area contributed by atoms with Crippen LogP contribution >= 0.6 is 0 Å². The zero-order valence-electron chi connectivity index (χ0n) is 24.6. The molecule has 0 aromatic heterocycles. The number of carbonyl (C=O) groups excluding carboxylic acids is 4. The summed E-state index contributed by atoms with van der Waals surface area (Å²) in [6.45, 7) is 6.61. The van der Waals surface area contributed by atoms with E-state index in [2.05, 4.69) is 22.0 Å². The third-order valence-electron chi connectivity index (χ3n) is 10.4. The molecule has 2 aromatic carbocycles. The van der Waals surface area contributed by atoms with Crippen molar-refractivity contribution in [3.63, 3.8) is 0 Å². The van der Waals surface area contributed by atoms with Gasteiger partial charge in [-0.3, -0.25) is 34.4 Å². The Morgan fingerprint density at radius 1 is 1.07 bits per heavy atom. The third kappa shape index (κ3) is 4.63. The van der Waals surface area contributed by atoms with Crippen LogP contribution in [0.2, 0.25) is 0 Å². The largest absolute Gasteiger partial charge is 0.404 e. The van der Waals surface area contributed by atoms with Gasteiger partial charge in [-0.25, -0.2) is 0 Å². The Hall–Kier alpha value is -4.05. The second-order valence-corrected chi connectivity index (χ2v) is 13.1. The van der Waals surface area contributed by atoms with Gasteiger partial charge < -0.3 is 15.5 Å². The van der Waals surface area contributed by atoms with Crippen LogP contribution in [0.5, 0.6) is 0 Å². The summed E-state index contributed by atoms with van der Waals surface area (Å²) >= 11 is 0. The van der Waals surface area contributed by atoms with Crippen molar-refractivity contribution in [3.05, 3.63) is 53.2 Å². The van der Waals surface area contributed by atoms with Crippen molar-refractivity contribution in [2.75, 3.05) is 37.6 Å². The SMILES string of the molecule is CC1(N=CC(=CN)Cc2ccc3c4c(cccc24)C(=O)N3C2CCC(=O)NC2=O)CCN(C(=O)C23CCN(CC2)C3)CC1. The molecular weight excluding hydrogens is 544 g/mol. The summed E-state index contributed by atoms with van der Waals surface area (Å²) in [4.78, 5) is 62.2. The highest BCUT2D eigenvalue weighted by Gasteiger charge is 2.51. The molecule has 3 N–H and O–H groups in total. The van der Waals surface area contributed by atoms with Crippen molar-refractivity contribution in [2.24, 2.45) is 16.1 Å². The molecule has 0 spiro atoms. The van der Waals surface area contributed by atoms with Gasteiger partial charge in [0.15, 0.2) is 0 Å². The maximum Gasteiger partial charge on any atom is 0.259 e. The number of aliphatic imine (C=N–C) groups is 1. The smallest absolute Gasteiger partial charge is 0.259 e. The Morgan fingerprint density at radius 3 is 2.51 bits per heavy atom. The number of benzene rings is 2. The van der Waals surface area contributed by atoms with Crippen molar-refractivity contribution in [2.45, 2.75) is 63.5 Å². The van der Waals surface area contributed by atoms with Crippen LogP contribution < -0.4 is 16.0 Å². The molecule has 1 atom stereocenters. The van der Waals surface area contributed by atoms with Gasteiger partial charge in [-0.15, -0.1) is 0 Å². The number of nitrogens with one attached hydrogen (secondary N) is 1. The Morgan fingerprint density at radius 2 is 1.84 bits per heavy atom. The van der Waals surface area contributed by atoms with E-state index >= 15 is 0 Å². The third-order valence-corrected chi connectivity index (χ3v) is 10.4. The van der Waals surface area contributed by atoms with Crippen LogP contribution in [0.3, 0.4) is 0 Å². The highest BCUT2D eigenvalue weighted by molar-refractivity contribution is 6.27. The molecule has 0 saturated carbocycles. The molecular formula is C33H38N6O4. The topological polar surface area (TPSA) is 128 Å². The summed E-state index contributed by atoms with van der Waals surface area (Å²) in [5.74, 6) is -0.636. The number of rotatable bonds is 6. The molecule has 0 aliphatic carbocycles. The molecule has 4 fully saturated rings. The van der Waals surface area contributed by atoms with Crippen LogP contribution in [0.15, 0.2) is 47.1 Å². The van der Waals surface area contributed by atoms with Crippen LogP contribution in [-0.2, 0) is 20.8 Å². The summed E-state index contributed by atoms with van der Waals surface area (Å²) in [6, 6.07) is 8.80. The molecule has 2 aromatic rings. The number of hydrogen-bond acceptors (Lipinski definition) is 7. The monoisotopic (exact) mass is 582 g/mol. The fourth-order valence-electron chi connectivity index (χ4n) is 7.73. The first-order chi connectivity index (χ1) is 20.7. The number of fused-ring (bicyclic) bond motifs is 2. The van der Waals surface area contributed by atoms with Crippen molar-refractivity contribution in [3.8, 4) is 0 Å². The summed E-state index contributed by atoms with van der Waals surface area (Å²) in [5, 5.41) is 4.12. The molecule has 224 valence electrons. The van der Waals surface area contributed by atoms with Gasteiger partial charge in [-0.1, -0.05) is 18.2 Å². The number of amides is 4. The highest BCUT2D eigenvalue weighted by Crippen LogP contribution is 2.43. The number of imide groups is 1. The number of anilines is 1. The van der Waals surface area contributed by atoms with E-state index < -0.39 is 11.9 Å². The predicted molar refractivity (Wildman–Crippen MR) is 164 cm³/mol. The van der Waals surface area contributed by atoms with Crippen molar-refractivity contribution in [1.82, 2.24) is 15.1 Å². The van der Waals surface area contributed by atoms with E-state index in [1.807, 2.05) is 30.5 Å². The zero-order valence-corrected chi connectivity index (χ0v) is 24.6. The molecule has 5 aliphatic rings. The second kappa shape index (κ2) is 10.3. The summed E-state index contributed by atoms with van der Waals surface area (Å²) in [5.41, 5.74) is 8.78. The first kappa shape index (κ1) is 27.8. The number of hydrogen-bond donors (Lipinski definition) is 2. The Bertz CT molecular complexity index is 1600. The molecule has 10 nitrogen and oxygen atoms in total. The molecule has 43 heavy (non-hydrogen) atoms. The maximum atomic E-state index is 13.5. The van der Waals surface area contributed by atoms with E-state index in [1.54, 1.807) is 12.3 Å². The standard InChI is InChI=1S/C33H38N6O4/c1-32(9-15-38(16-10-32)31(43)33-11-13-37(20-33)14-12-33)35-19-21(18-34)17-22-5-6-25-28-23(22)3-2-4-24(28)30(42)39(25)26-7-8-27(40)36-29(26)41/h2-6,18-19,26H,7-17,20,34H2,1H3,(H,36,40,41). The number of likely N-dealkylation sites (tertiary alicyclic amines) is 1. The van der Waals surface area contributed by atoms with Crippen LogP contribution in [0, 0.1) is 5.41 Å². The molecule has 4 amide bonds. The molecule has 0 radical (unpaired) electrons. The number of carbonyl (C=O) groups is 4. The van der Waals surface area contributed by atoms with E-state index in [-0.39, 0.29) is 29.2 Å². The fraction of sp³-hybridized carbons (Fsp3) is 0.485. The van der Waals surface area contributed by atoms with Crippen molar-refractivity contribution >= 4 is 46.3 Å². The van der Waals surface area contributed by atoms with Gasteiger partial charge in [-0.2, -0.15) is 0 Å². The van der Waals surface area contributed by atoms with Crippen molar-refractivity contribution in [1.29, 1.82) is 0 Å². The molecule has 10 heteroatoms. The summed E-state index contributed by atoms with van der Waals surface area (Å²) in [7, 11) is 0. The first-order valence-corrected chi connectivity index (χ1v) is 15.4. The van der Waals surface area contributed by atoms with E-state index in [9.17, 15) is 19.2 Å². The minimum absolute atomic E-state index is 0.157. The van der Waals surface area contributed by atoms with E-state index in [1.165, 1.54) is 4.90 Å². The Kier molecular flexibility index (Phi) is 6.65. The number of nitrogens with two attached hydrogens (primary N) is 1. The number of allylic oxidation sites excluding steroid dienone is 1. The molecule has 5 aliphatic heterocycles. The Balaban J connectivity index is 1.06. The van der Waals surface area contributed by atoms with Crippen LogP contribution in [0.25, 0.3) is 10.8 Å². The lowest BCUT2D eigenvalue weighted by atomic mass is 9.81. The van der Waals surface area contributed by atoms with Gasteiger partial charge in [0.25, 0.3) is 5.91 Å². The van der Waals surface area contributed by atoms with Gasteiger partial charge in [0.05, 0.1) is 16.6 Å². The van der Waals surface area contributed by atoms with Crippen LogP contribution in [0.4, 0.5) is 5.69 Å². The van der Waals surface area contributed by atoms with E-state index in [0.717, 1.165) is 80.3 Å². The van der Waals surface area contributed by atoms with Gasteiger partial charge in [0.2, 0.25) is 17.7 Å². The van der Waals surface area contributed by atoms with E-state index in [0.29, 0.717) is 30.0 Å². The summed E-state index contributed by atoms with van der Waals surface area (Å²) in [6.07, 6.45) is 8.09. The molecule has 4 saturated heterocycles. The van der Waals surface area contributed by atoms with Gasteiger partial charge in [0.1, 0.15) is 6.04 Å². The average Bonchev–Trinajstić information content (AvgIpc) is 3.71. The lowest BCUT2D eigenvalue weighted by Gasteiger charge is -2.40. The van der Waals surface area contributed by atoms with Gasteiger partial charge >= 0.3 is 0 Å². The van der Waals surface area contributed by atoms with Crippen LogP contribution in [0.1, 0.15) is 61.4 Å². The van der Waals surface area contributed by atoms with Gasteiger partial charge in [0, 0.05) is 49.6 Å². The molecule has 7 rings (SSSR count). The molecule has 5 heterocycles. The van der Waals surface area contributed by atoms with Crippen molar-refractivity contribution < 1.29 is 19.2 Å². The van der Waals surface area contributed by atoms with E-state index in [4.69, 9.17) is 10.7 Å². The van der Waals surface area contributed by atoms with Crippen LogP contribution in [-0.4, -0.2) is 83.9 Å². The first-order valence-electron chi connectivity index (χ1n) is 15.4. The predicted octanol–water partition coefficient (Wildman–Crippen LogP) is 2.54. The normalized spacial score (nSPS) is 28.4. The average molecular weight is 583 g/mol. The molecule has 1 unspecified atom stereocenters. The highest BCUT2D eigenvalue weighted by atomic mass is 16.2.